The zero-order valence-electron chi connectivity index (χ0n) is 13.8. The maximum absolute atomic E-state index is 9.19. The number of nitriles is 1. The Labute approximate surface area is 164 Å². The lowest BCUT2D eigenvalue weighted by molar-refractivity contribution is 0.282. The summed E-state index contributed by atoms with van der Waals surface area (Å²) in [5.41, 5.74) is 2.27. The number of halogens is 1. The van der Waals surface area contributed by atoms with Crippen LogP contribution < -0.4 is 9.47 Å². The molecule has 0 fully saturated rings. The summed E-state index contributed by atoms with van der Waals surface area (Å²) in [4.78, 5) is 0. The van der Waals surface area contributed by atoms with E-state index in [0.29, 0.717) is 17.1 Å². The van der Waals surface area contributed by atoms with Gasteiger partial charge in [0.05, 0.1) is 28.5 Å². The van der Waals surface area contributed by atoms with E-state index in [1.54, 1.807) is 19.4 Å². The molecule has 0 aliphatic heterocycles. The molecular weight excluding hydrogens is 445 g/mol. The molecule has 0 saturated carbocycles. The van der Waals surface area contributed by atoms with Crippen molar-refractivity contribution in [2.24, 2.45) is 5.10 Å². The Morgan fingerprint density at radius 3 is 2.77 bits per heavy atom. The standard InChI is InChI=1S/C18H14IN5O2/c1-25-17-7-13(9-23-24-11-21-22-12-24)6-16(19)18(17)26-10-15-5-3-2-4-14(15)8-20/h2-7,9,11-12H,10H2,1H3/b23-9-. The number of ether oxygens (including phenoxy) is 2. The van der Waals surface area contributed by atoms with Crippen molar-refractivity contribution < 1.29 is 9.47 Å². The Morgan fingerprint density at radius 1 is 1.27 bits per heavy atom. The third-order valence-corrected chi connectivity index (χ3v) is 4.31. The molecule has 0 aliphatic carbocycles. The molecule has 0 atom stereocenters. The third-order valence-electron chi connectivity index (χ3n) is 3.51. The van der Waals surface area contributed by atoms with Crippen LogP contribution in [0.3, 0.4) is 0 Å². The van der Waals surface area contributed by atoms with Gasteiger partial charge in [-0.1, -0.05) is 18.2 Å². The van der Waals surface area contributed by atoms with Crippen LogP contribution in [0.4, 0.5) is 0 Å². The van der Waals surface area contributed by atoms with Gasteiger partial charge in [-0.15, -0.1) is 10.2 Å². The number of hydrogen-bond donors (Lipinski definition) is 0. The molecule has 1 aromatic heterocycles. The topological polar surface area (TPSA) is 85.3 Å². The first kappa shape index (κ1) is 17.9. The number of rotatable bonds is 6. The average Bonchev–Trinajstić information content (AvgIpc) is 3.19. The normalized spacial score (nSPS) is 10.7. The molecular formula is C18H14IN5O2. The molecule has 0 saturated heterocycles. The second-order valence-corrected chi connectivity index (χ2v) is 6.34. The summed E-state index contributed by atoms with van der Waals surface area (Å²) < 4.78 is 13.8. The maximum Gasteiger partial charge on any atom is 0.174 e. The summed E-state index contributed by atoms with van der Waals surface area (Å²) in [7, 11) is 1.59. The van der Waals surface area contributed by atoms with Crippen LogP contribution in [0.2, 0.25) is 0 Å². The molecule has 8 heteroatoms. The zero-order chi connectivity index (χ0) is 18.4. The SMILES string of the molecule is COc1cc(/C=N\n2cnnc2)cc(I)c1OCc1ccccc1C#N. The third kappa shape index (κ3) is 4.18. The fourth-order valence-electron chi connectivity index (χ4n) is 2.25. The quantitative estimate of drug-likeness (QED) is 0.418. The van der Waals surface area contributed by atoms with E-state index in [2.05, 4.69) is 44.0 Å². The van der Waals surface area contributed by atoms with E-state index in [9.17, 15) is 5.26 Å². The minimum absolute atomic E-state index is 0.282. The molecule has 26 heavy (non-hydrogen) atoms. The van der Waals surface area contributed by atoms with Gasteiger partial charge in [-0.25, -0.2) is 4.68 Å². The van der Waals surface area contributed by atoms with Gasteiger partial charge in [0.2, 0.25) is 0 Å². The predicted molar refractivity (Wildman–Crippen MR) is 104 cm³/mol. The number of hydrogen-bond acceptors (Lipinski definition) is 6. The van der Waals surface area contributed by atoms with Gasteiger partial charge in [-0.3, -0.25) is 0 Å². The molecule has 0 amide bonds. The number of methoxy groups -OCH3 is 1. The van der Waals surface area contributed by atoms with Crippen molar-refractivity contribution >= 4 is 28.8 Å². The maximum atomic E-state index is 9.19. The van der Waals surface area contributed by atoms with E-state index in [1.807, 2.05) is 30.3 Å². The fourth-order valence-corrected chi connectivity index (χ4v) is 3.03. The molecule has 0 spiro atoms. The average molecular weight is 459 g/mol. The molecule has 0 radical (unpaired) electrons. The first-order valence-corrected chi connectivity index (χ1v) is 8.66. The summed E-state index contributed by atoms with van der Waals surface area (Å²) in [5, 5.41) is 20.8. The Morgan fingerprint density at radius 2 is 2.04 bits per heavy atom. The Bertz CT molecular complexity index is 964. The molecule has 0 N–H and O–H groups in total. The van der Waals surface area contributed by atoms with Crippen LogP contribution >= 0.6 is 22.6 Å². The lowest BCUT2D eigenvalue weighted by Gasteiger charge is -2.14. The van der Waals surface area contributed by atoms with Crippen molar-refractivity contribution in [3.8, 4) is 17.6 Å². The second-order valence-electron chi connectivity index (χ2n) is 5.18. The first-order chi connectivity index (χ1) is 12.7. The van der Waals surface area contributed by atoms with E-state index in [-0.39, 0.29) is 6.61 Å². The van der Waals surface area contributed by atoms with Gasteiger partial charge in [0.15, 0.2) is 11.5 Å². The number of benzene rings is 2. The Hall–Kier alpha value is -2.93. The molecule has 130 valence electrons. The van der Waals surface area contributed by atoms with Gasteiger partial charge in [0.25, 0.3) is 0 Å². The highest BCUT2D eigenvalue weighted by molar-refractivity contribution is 14.1. The van der Waals surface area contributed by atoms with Gasteiger partial charge in [-0.2, -0.15) is 10.4 Å². The van der Waals surface area contributed by atoms with Crippen LogP contribution in [0.15, 0.2) is 54.2 Å². The Kier molecular flexibility index (Phi) is 5.80. The summed E-state index contributed by atoms with van der Waals surface area (Å²) in [6.45, 7) is 0.282. The highest BCUT2D eigenvalue weighted by Gasteiger charge is 2.12. The van der Waals surface area contributed by atoms with Crippen molar-refractivity contribution in [2.45, 2.75) is 6.61 Å². The van der Waals surface area contributed by atoms with Gasteiger partial charge in [-0.05, 0) is 46.4 Å². The van der Waals surface area contributed by atoms with Crippen molar-refractivity contribution in [1.29, 1.82) is 5.26 Å². The van der Waals surface area contributed by atoms with Crippen molar-refractivity contribution in [3.05, 3.63) is 69.3 Å². The Balaban J connectivity index is 1.82. The minimum Gasteiger partial charge on any atom is -0.493 e. The summed E-state index contributed by atoms with van der Waals surface area (Å²) in [5.74, 6) is 1.22. The largest absolute Gasteiger partial charge is 0.493 e. The van der Waals surface area contributed by atoms with E-state index in [1.165, 1.54) is 17.3 Å². The van der Waals surface area contributed by atoms with Gasteiger partial charge in [0.1, 0.15) is 19.3 Å². The smallest absolute Gasteiger partial charge is 0.174 e. The van der Waals surface area contributed by atoms with Gasteiger partial charge < -0.3 is 9.47 Å². The summed E-state index contributed by atoms with van der Waals surface area (Å²) in [6, 6.07) is 13.3. The highest BCUT2D eigenvalue weighted by atomic mass is 127. The molecule has 7 nitrogen and oxygen atoms in total. The molecule has 3 aromatic rings. The van der Waals surface area contributed by atoms with E-state index < -0.39 is 0 Å². The van der Waals surface area contributed by atoms with Crippen LogP contribution in [-0.4, -0.2) is 28.2 Å². The van der Waals surface area contributed by atoms with Crippen LogP contribution in [0, 0.1) is 14.9 Å². The molecule has 0 aliphatic rings. The second kappa shape index (κ2) is 8.44. The lowest BCUT2D eigenvalue weighted by atomic mass is 10.1. The predicted octanol–water partition coefficient (Wildman–Crippen LogP) is 3.22. The van der Waals surface area contributed by atoms with E-state index in [0.717, 1.165) is 14.7 Å². The van der Waals surface area contributed by atoms with Gasteiger partial charge >= 0.3 is 0 Å². The fraction of sp³-hybridized carbons (Fsp3) is 0.111. The zero-order valence-corrected chi connectivity index (χ0v) is 16.0. The highest BCUT2D eigenvalue weighted by Crippen LogP contribution is 2.34. The van der Waals surface area contributed by atoms with E-state index >= 15 is 0 Å². The molecule has 2 aromatic carbocycles. The number of nitrogens with zero attached hydrogens (tertiary/aromatic N) is 5. The molecule has 0 bridgehead atoms. The monoisotopic (exact) mass is 459 g/mol. The molecule has 3 rings (SSSR count). The van der Waals surface area contributed by atoms with E-state index in [4.69, 9.17) is 9.47 Å². The van der Waals surface area contributed by atoms with Crippen molar-refractivity contribution in [3.63, 3.8) is 0 Å². The van der Waals surface area contributed by atoms with Crippen molar-refractivity contribution in [1.82, 2.24) is 14.9 Å². The summed E-state index contributed by atoms with van der Waals surface area (Å²) >= 11 is 2.19. The lowest BCUT2D eigenvalue weighted by Crippen LogP contribution is -2.02. The molecule has 0 unspecified atom stereocenters. The first-order valence-electron chi connectivity index (χ1n) is 7.58. The van der Waals surface area contributed by atoms with Crippen LogP contribution in [0.5, 0.6) is 11.5 Å². The van der Waals surface area contributed by atoms with Crippen LogP contribution in [-0.2, 0) is 6.61 Å². The summed E-state index contributed by atoms with van der Waals surface area (Å²) in [6.07, 6.45) is 4.69. The number of aromatic nitrogens is 3. The van der Waals surface area contributed by atoms with Crippen molar-refractivity contribution in [2.75, 3.05) is 7.11 Å². The molecule has 1 heterocycles. The minimum atomic E-state index is 0.282. The van der Waals surface area contributed by atoms with Crippen LogP contribution in [0.1, 0.15) is 16.7 Å². The van der Waals surface area contributed by atoms with Crippen LogP contribution in [0.25, 0.3) is 0 Å². The van der Waals surface area contributed by atoms with Gasteiger partial charge in [0, 0.05) is 5.56 Å².